The topological polar surface area (TPSA) is 0 Å². The Hall–Kier alpha value is -1.63. The van der Waals surface area contributed by atoms with E-state index in [-0.39, 0.29) is 5.82 Å². The van der Waals surface area contributed by atoms with Crippen LogP contribution in [-0.2, 0) is 6.42 Å². The molecule has 0 saturated carbocycles. The zero-order valence-electron chi connectivity index (χ0n) is 9.83. The van der Waals surface area contributed by atoms with E-state index in [0.29, 0.717) is 6.42 Å². The van der Waals surface area contributed by atoms with Gasteiger partial charge in [-0.25, -0.2) is 4.39 Å². The lowest BCUT2D eigenvalue weighted by molar-refractivity contribution is 0.626. The zero-order valence-corrected chi connectivity index (χ0v) is 9.83. The van der Waals surface area contributed by atoms with E-state index in [2.05, 4.69) is 6.58 Å². The van der Waals surface area contributed by atoms with Gasteiger partial charge < -0.3 is 0 Å². The minimum absolute atomic E-state index is 0.195. The normalized spacial score (nSPS) is 12.1. The van der Waals surface area contributed by atoms with Gasteiger partial charge in [0.15, 0.2) is 0 Å². The summed E-state index contributed by atoms with van der Waals surface area (Å²) in [5, 5.41) is 0. The van der Waals surface area contributed by atoms with Crippen LogP contribution in [0.3, 0.4) is 0 Å². The highest BCUT2D eigenvalue weighted by Crippen LogP contribution is 2.10. The maximum Gasteiger partial charge on any atom is 0.123 e. The van der Waals surface area contributed by atoms with Crippen molar-refractivity contribution in [3.05, 3.63) is 71.6 Å². The standard InChI is InChI=1S/C15H17F/c1-4-12(2)8-9-13(3)10-14-6-5-7-15(16)11-14/h4-9,11H,3,10H2,1-2H3/b9-8-,12-4-. The first-order valence-corrected chi connectivity index (χ1v) is 5.35. The molecule has 84 valence electrons. The Morgan fingerprint density at radius 3 is 2.75 bits per heavy atom. The van der Waals surface area contributed by atoms with Gasteiger partial charge in [0.05, 0.1) is 0 Å². The number of benzene rings is 1. The average Bonchev–Trinajstić information content (AvgIpc) is 2.26. The molecular weight excluding hydrogens is 199 g/mol. The predicted molar refractivity (Wildman–Crippen MR) is 67.8 cm³/mol. The molecule has 16 heavy (non-hydrogen) atoms. The maximum atomic E-state index is 12.9. The number of halogens is 1. The van der Waals surface area contributed by atoms with Gasteiger partial charge in [-0.2, -0.15) is 0 Å². The number of rotatable bonds is 4. The van der Waals surface area contributed by atoms with Gasteiger partial charge in [-0.05, 0) is 38.0 Å². The van der Waals surface area contributed by atoms with Gasteiger partial charge in [-0.15, -0.1) is 0 Å². The summed E-state index contributed by atoms with van der Waals surface area (Å²) < 4.78 is 12.9. The van der Waals surface area contributed by atoms with E-state index in [0.717, 1.165) is 11.1 Å². The Bertz CT molecular complexity index is 425. The lowest BCUT2D eigenvalue weighted by Crippen LogP contribution is -1.87. The summed E-state index contributed by atoms with van der Waals surface area (Å²) in [4.78, 5) is 0. The monoisotopic (exact) mass is 216 g/mol. The van der Waals surface area contributed by atoms with E-state index in [1.54, 1.807) is 12.1 Å². The fraction of sp³-hybridized carbons (Fsp3) is 0.200. The third kappa shape index (κ3) is 4.26. The molecule has 0 heterocycles. The van der Waals surface area contributed by atoms with E-state index in [1.165, 1.54) is 11.6 Å². The quantitative estimate of drug-likeness (QED) is 0.652. The van der Waals surface area contributed by atoms with Crippen molar-refractivity contribution in [1.29, 1.82) is 0 Å². The van der Waals surface area contributed by atoms with Crippen molar-refractivity contribution in [2.45, 2.75) is 20.3 Å². The van der Waals surface area contributed by atoms with Gasteiger partial charge in [0.25, 0.3) is 0 Å². The first-order chi connectivity index (χ1) is 7.61. The molecule has 0 bridgehead atoms. The Kier molecular flexibility index (Phi) is 4.71. The van der Waals surface area contributed by atoms with Gasteiger partial charge in [-0.3, -0.25) is 0 Å². The highest BCUT2D eigenvalue weighted by atomic mass is 19.1. The van der Waals surface area contributed by atoms with Gasteiger partial charge in [0.2, 0.25) is 0 Å². The summed E-state index contributed by atoms with van der Waals surface area (Å²) in [5.41, 5.74) is 3.12. The summed E-state index contributed by atoms with van der Waals surface area (Å²) >= 11 is 0. The van der Waals surface area contributed by atoms with Crippen LogP contribution in [0.1, 0.15) is 19.4 Å². The third-order valence-electron chi connectivity index (χ3n) is 2.36. The predicted octanol–water partition coefficient (Wildman–Crippen LogP) is 4.45. The van der Waals surface area contributed by atoms with Crippen molar-refractivity contribution in [2.24, 2.45) is 0 Å². The number of hydrogen-bond acceptors (Lipinski definition) is 0. The molecule has 1 aromatic carbocycles. The van der Waals surface area contributed by atoms with Crippen molar-refractivity contribution in [1.82, 2.24) is 0 Å². The highest BCUT2D eigenvalue weighted by molar-refractivity contribution is 5.30. The Morgan fingerprint density at radius 1 is 1.38 bits per heavy atom. The summed E-state index contributed by atoms with van der Waals surface area (Å²) in [6.45, 7) is 7.98. The van der Waals surface area contributed by atoms with E-state index in [9.17, 15) is 4.39 Å². The van der Waals surface area contributed by atoms with Crippen molar-refractivity contribution in [2.75, 3.05) is 0 Å². The molecule has 0 aliphatic rings. The van der Waals surface area contributed by atoms with Crippen LogP contribution in [0.25, 0.3) is 0 Å². The van der Waals surface area contributed by atoms with Crippen LogP contribution >= 0.6 is 0 Å². The maximum absolute atomic E-state index is 12.9. The van der Waals surface area contributed by atoms with Crippen molar-refractivity contribution >= 4 is 0 Å². The summed E-state index contributed by atoms with van der Waals surface area (Å²) in [7, 11) is 0. The number of hydrogen-bond donors (Lipinski definition) is 0. The fourth-order valence-corrected chi connectivity index (χ4v) is 1.31. The lowest BCUT2D eigenvalue weighted by atomic mass is 10.1. The van der Waals surface area contributed by atoms with E-state index in [1.807, 2.05) is 38.1 Å². The second-order valence-corrected chi connectivity index (χ2v) is 3.83. The first kappa shape index (κ1) is 12.4. The fourth-order valence-electron chi connectivity index (χ4n) is 1.31. The molecule has 0 aliphatic heterocycles. The SMILES string of the molecule is C=C(/C=C\C(C)=C/C)Cc1cccc(F)c1. The molecule has 0 atom stereocenters. The third-order valence-corrected chi connectivity index (χ3v) is 2.36. The van der Waals surface area contributed by atoms with Gasteiger partial charge in [0.1, 0.15) is 5.82 Å². The Labute approximate surface area is 96.8 Å². The van der Waals surface area contributed by atoms with E-state index in [4.69, 9.17) is 0 Å². The van der Waals surface area contributed by atoms with Gasteiger partial charge >= 0.3 is 0 Å². The van der Waals surface area contributed by atoms with Crippen molar-refractivity contribution < 1.29 is 4.39 Å². The first-order valence-electron chi connectivity index (χ1n) is 5.35. The van der Waals surface area contributed by atoms with Crippen LogP contribution in [0, 0.1) is 5.82 Å². The second kappa shape index (κ2) is 6.06. The Morgan fingerprint density at radius 2 is 2.12 bits per heavy atom. The zero-order chi connectivity index (χ0) is 12.0. The van der Waals surface area contributed by atoms with Crippen molar-refractivity contribution in [3.8, 4) is 0 Å². The molecule has 0 aliphatic carbocycles. The molecular formula is C15H17F. The molecule has 0 nitrogen and oxygen atoms in total. The lowest BCUT2D eigenvalue weighted by Gasteiger charge is -2.01. The van der Waals surface area contributed by atoms with Crippen LogP contribution in [0.2, 0.25) is 0 Å². The minimum atomic E-state index is -0.195. The molecule has 0 amide bonds. The minimum Gasteiger partial charge on any atom is -0.207 e. The molecule has 0 unspecified atom stereocenters. The Balaban J connectivity index is 2.62. The van der Waals surface area contributed by atoms with Crippen LogP contribution in [-0.4, -0.2) is 0 Å². The summed E-state index contributed by atoms with van der Waals surface area (Å²) in [6.07, 6.45) is 6.71. The molecule has 0 radical (unpaired) electrons. The highest BCUT2D eigenvalue weighted by Gasteiger charge is 1.96. The molecule has 0 aromatic heterocycles. The molecule has 1 aromatic rings. The van der Waals surface area contributed by atoms with E-state index < -0.39 is 0 Å². The average molecular weight is 216 g/mol. The van der Waals surface area contributed by atoms with Gasteiger partial charge in [-0.1, -0.05) is 48.1 Å². The van der Waals surface area contributed by atoms with Crippen LogP contribution in [0.15, 0.2) is 60.2 Å². The summed E-state index contributed by atoms with van der Waals surface area (Å²) in [5.74, 6) is -0.195. The largest absolute Gasteiger partial charge is 0.207 e. The second-order valence-electron chi connectivity index (χ2n) is 3.83. The molecule has 0 saturated heterocycles. The van der Waals surface area contributed by atoms with Gasteiger partial charge in [0, 0.05) is 0 Å². The molecule has 0 N–H and O–H groups in total. The van der Waals surface area contributed by atoms with Crippen LogP contribution in [0.4, 0.5) is 4.39 Å². The number of allylic oxidation sites excluding steroid dienone is 5. The molecule has 0 spiro atoms. The van der Waals surface area contributed by atoms with Crippen molar-refractivity contribution in [3.63, 3.8) is 0 Å². The van der Waals surface area contributed by atoms with E-state index >= 15 is 0 Å². The molecule has 1 heteroatoms. The summed E-state index contributed by atoms with van der Waals surface area (Å²) in [6, 6.07) is 6.62. The van der Waals surface area contributed by atoms with Crippen LogP contribution in [0.5, 0.6) is 0 Å². The smallest absolute Gasteiger partial charge is 0.123 e. The molecule has 0 fully saturated rings. The van der Waals surface area contributed by atoms with Crippen LogP contribution < -0.4 is 0 Å². The molecule has 1 rings (SSSR count).